The Bertz CT molecular complexity index is 1260. The Morgan fingerprint density at radius 1 is 1.17 bits per heavy atom. The number of hydrogen-bond donors (Lipinski definition) is 0. The molecule has 4 aromatic rings. The maximum atomic E-state index is 13.0. The number of anilines is 1. The number of nitrogens with zero attached hydrogens (tertiary/aromatic N) is 5. The number of ether oxygens (including phenoxy) is 1. The molecule has 0 bridgehead atoms. The van der Waals surface area contributed by atoms with Gasteiger partial charge in [-0.2, -0.15) is 4.98 Å². The number of pyridine rings is 1. The fraction of sp³-hybridized carbons (Fsp3) is 0.273. The molecule has 0 N–H and O–H groups in total. The van der Waals surface area contributed by atoms with E-state index in [0.29, 0.717) is 35.4 Å². The second-order valence-electron chi connectivity index (χ2n) is 7.57. The van der Waals surface area contributed by atoms with Gasteiger partial charge in [0.05, 0.1) is 10.7 Å². The van der Waals surface area contributed by atoms with E-state index in [2.05, 4.69) is 9.97 Å². The molecule has 0 aliphatic heterocycles. The van der Waals surface area contributed by atoms with E-state index in [-0.39, 0.29) is 5.69 Å². The summed E-state index contributed by atoms with van der Waals surface area (Å²) >= 11 is 1.64. The van der Waals surface area contributed by atoms with E-state index in [1.54, 1.807) is 28.3 Å². The van der Waals surface area contributed by atoms with Crippen molar-refractivity contribution in [3.8, 4) is 11.4 Å². The standard InChI is InChI=1S/C22H21N5O2S/c1-26(2)19-18-20(24-21(30-18)15-6-7-15)27(22(28)25-19)16-4-3-5-17(12-16)29-13-14-8-10-23-11-9-14/h3-5,8-12,15H,6-7,13H2,1-2H3. The second-order valence-corrected chi connectivity index (χ2v) is 8.60. The third-order valence-electron chi connectivity index (χ3n) is 5.01. The molecule has 3 aromatic heterocycles. The SMILES string of the molecule is CN(C)c1nc(=O)n(-c2cccc(OCc3ccncc3)c2)c2nc(C3CC3)sc12. The van der Waals surface area contributed by atoms with Crippen LogP contribution in [0, 0.1) is 0 Å². The molecule has 1 aliphatic carbocycles. The van der Waals surface area contributed by atoms with Gasteiger partial charge in [0.1, 0.15) is 17.1 Å². The van der Waals surface area contributed by atoms with Gasteiger partial charge in [0.15, 0.2) is 11.5 Å². The Kier molecular flexibility index (Phi) is 4.71. The number of fused-ring (bicyclic) bond motifs is 1. The summed E-state index contributed by atoms with van der Waals surface area (Å²) in [6, 6.07) is 11.3. The first-order valence-corrected chi connectivity index (χ1v) is 10.6. The van der Waals surface area contributed by atoms with Gasteiger partial charge in [-0.3, -0.25) is 4.98 Å². The molecule has 1 fully saturated rings. The van der Waals surface area contributed by atoms with Gasteiger partial charge in [-0.25, -0.2) is 14.3 Å². The zero-order valence-electron chi connectivity index (χ0n) is 16.8. The van der Waals surface area contributed by atoms with E-state index in [1.807, 2.05) is 55.4 Å². The van der Waals surface area contributed by atoms with Crippen LogP contribution in [0.4, 0.5) is 5.82 Å². The van der Waals surface area contributed by atoms with E-state index in [1.165, 1.54) is 0 Å². The molecule has 0 saturated heterocycles. The minimum atomic E-state index is -0.342. The second kappa shape index (κ2) is 7.53. The fourth-order valence-corrected chi connectivity index (χ4v) is 4.60. The maximum absolute atomic E-state index is 13.0. The van der Waals surface area contributed by atoms with Gasteiger partial charge in [-0.1, -0.05) is 6.07 Å². The molecule has 0 amide bonds. The summed E-state index contributed by atoms with van der Waals surface area (Å²) in [6.07, 6.45) is 5.80. The van der Waals surface area contributed by atoms with Crippen molar-refractivity contribution in [3.63, 3.8) is 0 Å². The lowest BCUT2D eigenvalue weighted by Crippen LogP contribution is -2.25. The first kappa shape index (κ1) is 18.7. The molecular weight excluding hydrogens is 398 g/mol. The van der Waals surface area contributed by atoms with Crippen molar-refractivity contribution in [3.05, 3.63) is 69.8 Å². The minimum absolute atomic E-state index is 0.342. The van der Waals surface area contributed by atoms with E-state index >= 15 is 0 Å². The highest BCUT2D eigenvalue weighted by atomic mass is 32.1. The van der Waals surface area contributed by atoms with E-state index < -0.39 is 0 Å². The van der Waals surface area contributed by atoms with Crippen LogP contribution in [-0.4, -0.2) is 33.6 Å². The molecule has 0 atom stereocenters. The molecule has 30 heavy (non-hydrogen) atoms. The first-order chi connectivity index (χ1) is 14.6. The number of benzene rings is 1. The largest absolute Gasteiger partial charge is 0.489 e. The van der Waals surface area contributed by atoms with Gasteiger partial charge >= 0.3 is 5.69 Å². The molecule has 0 spiro atoms. The molecule has 5 rings (SSSR count). The molecule has 1 aliphatic rings. The fourth-order valence-electron chi connectivity index (χ4n) is 3.31. The summed E-state index contributed by atoms with van der Waals surface area (Å²) in [6.45, 7) is 0.427. The minimum Gasteiger partial charge on any atom is -0.489 e. The van der Waals surface area contributed by atoms with E-state index in [4.69, 9.17) is 9.72 Å². The Balaban J connectivity index is 1.56. The molecule has 152 valence electrons. The third-order valence-corrected chi connectivity index (χ3v) is 6.22. The molecule has 1 saturated carbocycles. The van der Waals surface area contributed by atoms with Gasteiger partial charge in [0, 0.05) is 38.5 Å². The summed E-state index contributed by atoms with van der Waals surface area (Å²) in [7, 11) is 3.80. The summed E-state index contributed by atoms with van der Waals surface area (Å²) in [5, 5.41) is 1.08. The van der Waals surface area contributed by atoms with Crippen molar-refractivity contribution in [1.82, 2.24) is 19.5 Å². The maximum Gasteiger partial charge on any atom is 0.355 e. The van der Waals surface area contributed by atoms with Crippen molar-refractivity contribution in [2.45, 2.75) is 25.4 Å². The number of rotatable bonds is 6. The van der Waals surface area contributed by atoms with Crippen molar-refractivity contribution in [2.75, 3.05) is 19.0 Å². The van der Waals surface area contributed by atoms with Crippen molar-refractivity contribution in [1.29, 1.82) is 0 Å². The Morgan fingerprint density at radius 3 is 2.70 bits per heavy atom. The Hall–Kier alpha value is -3.26. The normalized spacial score (nSPS) is 13.5. The molecule has 0 unspecified atom stereocenters. The van der Waals surface area contributed by atoms with Gasteiger partial charge < -0.3 is 9.64 Å². The van der Waals surface area contributed by atoms with Crippen LogP contribution in [0.15, 0.2) is 53.6 Å². The lowest BCUT2D eigenvalue weighted by molar-refractivity contribution is 0.306. The van der Waals surface area contributed by atoms with Crippen LogP contribution in [0.2, 0.25) is 0 Å². The predicted molar refractivity (Wildman–Crippen MR) is 118 cm³/mol. The summed E-state index contributed by atoms with van der Waals surface area (Å²) in [5.41, 5.74) is 2.05. The lowest BCUT2D eigenvalue weighted by atomic mass is 10.2. The highest BCUT2D eigenvalue weighted by Crippen LogP contribution is 2.44. The van der Waals surface area contributed by atoms with Gasteiger partial charge in [0.25, 0.3) is 0 Å². The van der Waals surface area contributed by atoms with Crippen LogP contribution < -0.4 is 15.3 Å². The molecule has 8 heteroatoms. The van der Waals surface area contributed by atoms with E-state index in [0.717, 1.165) is 28.1 Å². The van der Waals surface area contributed by atoms with Crippen molar-refractivity contribution < 1.29 is 4.74 Å². The topological polar surface area (TPSA) is 73.1 Å². The van der Waals surface area contributed by atoms with Crippen LogP contribution in [0.5, 0.6) is 5.75 Å². The number of aromatic nitrogens is 4. The molecule has 0 radical (unpaired) electrons. The van der Waals surface area contributed by atoms with Crippen LogP contribution in [-0.2, 0) is 6.61 Å². The van der Waals surface area contributed by atoms with Crippen LogP contribution in [0.3, 0.4) is 0 Å². The zero-order chi connectivity index (χ0) is 20.7. The Morgan fingerprint density at radius 2 is 1.97 bits per heavy atom. The van der Waals surface area contributed by atoms with Gasteiger partial charge in [-0.15, -0.1) is 11.3 Å². The predicted octanol–water partition coefficient (Wildman–Crippen LogP) is 3.76. The highest BCUT2D eigenvalue weighted by molar-refractivity contribution is 7.19. The zero-order valence-corrected chi connectivity index (χ0v) is 17.6. The quantitative estimate of drug-likeness (QED) is 0.474. The molecule has 7 nitrogen and oxygen atoms in total. The molecule has 1 aromatic carbocycles. The van der Waals surface area contributed by atoms with Gasteiger partial charge in [-0.05, 0) is 42.7 Å². The molecule has 3 heterocycles. The summed E-state index contributed by atoms with van der Waals surface area (Å²) in [5.74, 6) is 1.86. The highest BCUT2D eigenvalue weighted by Gasteiger charge is 2.29. The smallest absolute Gasteiger partial charge is 0.355 e. The monoisotopic (exact) mass is 419 g/mol. The first-order valence-electron chi connectivity index (χ1n) is 9.83. The lowest BCUT2D eigenvalue weighted by Gasteiger charge is -2.14. The third kappa shape index (κ3) is 3.54. The Labute approximate surface area is 177 Å². The summed E-state index contributed by atoms with van der Waals surface area (Å²) in [4.78, 5) is 28.1. The van der Waals surface area contributed by atoms with Crippen LogP contribution >= 0.6 is 11.3 Å². The van der Waals surface area contributed by atoms with E-state index in [9.17, 15) is 4.79 Å². The van der Waals surface area contributed by atoms with Crippen molar-refractivity contribution >= 4 is 27.5 Å². The van der Waals surface area contributed by atoms with Gasteiger partial charge in [0.2, 0.25) is 0 Å². The molecular formula is C22H21N5O2S. The average Bonchev–Trinajstić information content (AvgIpc) is 3.51. The van der Waals surface area contributed by atoms with Crippen LogP contribution in [0.1, 0.15) is 29.3 Å². The van der Waals surface area contributed by atoms with Crippen molar-refractivity contribution in [2.24, 2.45) is 0 Å². The number of hydrogen-bond acceptors (Lipinski definition) is 7. The van der Waals surface area contributed by atoms with Crippen LogP contribution in [0.25, 0.3) is 16.0 Å². The number of thiazole rings is 1. The summed E-state index contributed by atoms with van der Waals surface area (Å²) < 4.78 is 8.45. The average molecular weight is 420 g/mol.